The molecule has 19 heavy (non-hydrogen) atoms. The van der Waals surface area contributed by atoms with Gasteiger partial charge in [0, 0.05) is 28.7 Å². The van der Waals surface area contributed by atoms with Crippen molar-refractivity contribution in [1.82, 2.24) is 0 Å². The van der Waals surface area contributed by atoms with Crippen molar-refractivity contribution in [2.75, 3.05) is 26.1 Å². The third-order valence-corrected chi connectivity index (χ3v) is 4.32. The molecule has 4 nitrogen and oxygen atoms in total. The standard InChI is InChI=1S/C13H17BrO4S/c1-17-8-9-18-13(15)3-2-10-19(16)12-6-4-11(14)5-7-12/h4-7H,2-3,8-10H2,1H3. The van der Waals surface area contributed by atoms with Crippen molar-refractivity contribution >= 4 is 32.7 Å². The zero-order chi connectivity index (χ0) is 14.1. The van der Waals surface area contributed by atoms with Gasteiger partial charge in [-0.3, -0.25) is 9.00 Å². The van der Waals surface area contributed by atoms with Gasteiger partial charge in [0.15, 0.2) is 0 Å². The van der Waals surface area contributed by atoms with Gasteiger partial charge in [0.1, 0.15) is 6.61 Å². The molecule has 0 N–H and O–H groups in total. The fourth-order valence-electron chi connectivity index (χ4n) is 1.36. The Labute approximate surface area is 124 Å². The van der Waals surface area contributed by atoms with Crippen molar-refractivity contribution in [3.8, 4) is 0 Å². The first-order valence-corrected chi connectivity index (χ1v) is 8.03. The van der Waals surface area contributed by atoms with Crippen LogP contribution in [0.5, 0.6) is 0 Å². The smallest absolute Gasteiger partial charge is 0.305 e. The highest BCUT2D eigenvalue weighted by atomic mass is 79.9. The molecule has 0 aliphatic carbocycles. The summed E-state index contributed by atoms with van der Waals surface area (Å²) in [7, 11) is 0.482. The predicted molar refractivity (Wildman–Crippen MR) is 77.5 cm³/mol. The molecule has 0 fully saturated rings. The number of esters is 1. The van der Waals surface area contributed by atoms with E-state index in [1.54, 1.807) is 7.11 Å². The van der Waals surface area contributed by atoms with Crippen LogP contribution >= 0.6 is 15.9 Å². The first-order valence-electron chi connectivity index (χ1n) is 5.92. The van der Waals surface area contributed by atoms with E-state index in [1.807, 2.05) is 24.3 Å². The molecule has 1 aromatic rings. The average Bonchev–Trinajstić information content (AvgIpc) is 2.39. The van der Waals surface area contributed by atoms with E-state index in [4.69, 9.17) is 9.47 Å². The molecule has 0 heterocycles. The van der Waals surface area contributed by atoms with Crippen molar-refractivity contribution in [3.63, 3.8) is 0 Å². The fourth-order valence-corrected chi connectivity index (χ4v) is 2.71. The maximum absolute atomic E-state index is 11.9. The normalized spacial score (nSPS) is 12.1. The zero-order valence-electron chi connectivity index (χ0n) is 10.8. The largest absolute Gasteiger partial charge is 0.463 e. The van der Waals surface area contributed by atoms with Crippen LogP contribution in [0.25, 0.3) is 0 Å². The van der Waals surface area contributed by atoms with Crippen molar-refractivity contribution in [2.45, 2.75) is 17.7 Å². The second kappa shape index (κ2) is 9.23. The molecule has 1 unspecified atom stereocenters. The molecule has 0 saturated carbocycles. The van der Waals surface area contributed by atoms with E-state index in [9.17, 15) is 9.00 Å². The molecule has 1 rings (SSSR count). The van der Waals surface area contributed by atoms with Crippen molar-refractivity contribution in [2.24, 2.45) is 0 Å². The second-order valence-corrected chi connectivity index (χ2v) is 6.31. The minimum atomic E-state index is -1.07. The summed E-state index contributed by atoms with van der Waals surface area (Å²) in [6.45, 7) is 0.668. The Morgan fingerprint density at radius 1 is 1.26 bits per heavy atom. The third kappa shape index (κ3) is 6.84. The number of halogens is 1. The molecule has 1 atom stereocenters. The summed E-state index contributed by atoms with van der Waals surface area (Å²) in [6, 6.07) is 7.34. The van der Waals surface area contributed by atoms with E-state index in [-0.39, 0.29) is 19.0 Å². The number of carbonyl (C=O) groups is 1. The van der Waals surface area contributed by atoms with E-state index >= 15 is 0 Å². The fraction of sp³-hybridized carbons (Fsp3) is 0.462. The summed E-state index contributed by atoms with van der Waals surface area (Å²) in [5.41, 5.74) is 0. The van der Waals surface area contributed by atoms with Gasteiger partial charge < -0.3 is 9.47 Å². The molecule has 0 aromatic heterocycles. The average molecular weight is 349 g/mol. The number of rotatable bonds is 8. The van der Waals surface area contributed by atoms with Crippen molar-refractivity contribution in [3.05, 3.63) is 28.7 Å². The van der Waals surface area contributed by atoms with Gasteiger partial charge in [-0.25, -0.2) is 0 Å². The van der Waals surface area contributed by atoms with E-state index in [0.717, 1.165) is 9.37 Å². The van der Waals surface area contributed by atoms with Crippen LogP contribution in [0.1, 0.15) is 12.8 Å². The lowest BCUT2D eigenvalue weighted by atomic mass is 10.3. The Balaban J connectivity index is 2.23. The van der Waals surface area contributed by atoms with Gasteiger partial charge in [-0.05, 0) is 30.7 Å². The summed E-state index contributed by atoms with van der Waals surface area (Å²) in [5.74, 6) is 0.186. The Morgan fingerprint density at radius 3 is 2.58 bits per heavy atom. The van der Waals surface area contributed by atoms with Crippen LogP contribution in [0.2, 0.25) is 0 Å². The summed E-state index contributed by atoms with van der Waals surface area (Å²) in [5, 5.41) is 0. The number of hydrogen-bond acceptors (Lipinski definition) is 4. The SMILES string of the molecule is COCCOC(=O)CCCS(=O)c1ccc(Br)cc1. The monoisotopic (exact) mass is 348 g/mol. The Hall–Kier alpha value is -0.720. The zero-order valence-corrected chi connectivity index (χ0v) is 13.2. The summed E-state index contributed by atoms with van der Waals surface area (Å²) < 4.78 is 22.6. The molecular weight excluding hydrogens is 332 g/mol. The first-order chi connectivity index (χ1) is 9.13. The topological polar surface area (TPSA) is 52.6 Å². The number of benzene rings is 1. The highest BCUT2D eigenvalue weighted by Crippen LogP contribution is 2.14. The molecule has 0 aliphatic heterocycles. The molecule has 0 radical (unpaired) electrons. The van der Waals surface area contributed by atoms with Gasteiger partial charge in [-0.2, -0.15) is 0 Å². The van der Waals surface area contributed by atoms with Gasteiger partial charge in [-0.1, -0.05) is 15.9 Å². The van der Waals surface area contributed by atoms with Crippen molar-refractivity contribution < 1.29 is 18.5 Å². The number of ether oxygens (including phenoxy) is 2. The molecule has 1 aromatic carbocycles. The summed E-state index contributed by atoms with van der Waals surface area (Å²) in [4.78, 5) is 12.1. The van der Waals surface area contributed by atoms with Gasteiger partial charge in [-0.15, -0.1) is 0 Å². The Morgan fingerprint density at radius 2 is 1.95 bits per heavy atom. The quantitative estimate of drug-likeness (QED) is 0.535. The van der Waals surface area contributed by atoms with Crippen LogP contribution in [0.15, 0.2) is 33.6 Å². The number of carbonyl (C=O) groups excluding carboxylic acids is 1. The van der Waals surface area contributed by atoms with Crippen LogP contribution < -0.4 is 0 Å². The number of hydrogen-bond donors (Lipinski definition) is 0. The molecular formula is C13H17BrO4S. The Bertz CT molecular complexity index is 419. The maximum atomic E-state index is 11.9. The molecule has 6 heteroatoms. The highest BCUT2D eigenvalue weighted by molar-refractivity contribution is 9.10. The Kier molecular flexibility index (Phi) is 7.93. The van der Waals surface area contributed by atoms with E-state index in [1.165, 1.54) is 0 Å². The number of methoxy groups -OCH3 is 1. The minimum Gasteiger partial charge on any atom is -0.463 e. The lowest BCUT2D eigenvalue weighted by Crippen LogP contribution is -2.10. The van der Waals surface area contributed by atoms with E-state index < -0.39 is 10.8 Å². The summed E-state index contributed by atoms with van der Waals surface area (Å²) >= 11 is 3.33. The molecule has 0 bridgehead atoms. The lowest BCUT2D eigenvalue weighted by Gasteiger charge is -2.04. The maximum Gasteiger partial charge on any atom is 0.305 e. The van der Waals surface area contributed by atoms with Crippen LogP contribution in [0.4, 0.5) is 0 Å². The molecule has 106 valence electrons. The third-order valence-electron chi connectivity index (χ3n) is 2.34. The van der Waals surface area contributed by atoms with Crippen LogP contribution in [-0.2, 0) is 25.1 Å². The van der Waals surface area contributed by atoms with E-state index in [2.05, 4.69) is 15.9 Å². The highest BCUT2D eigenvalue weighted by Gasteiger charge is 2.07. The van der Waals surface area contributed by atoms with E-state index in [0.29, 0.717) is 18.8 Å². The lowest BCUT2D eigenvalue weighted by molar-refractivity contribution is -0.144. The van der Waals surface area contributed by atoms with Gasteiger partial charge in [0.05, 0.1) is 17.4 Å². The molecule has 0 spiro atoms. The van der Waals surface area contributed by atoms with Crippen LogP contribution in [-0.4, -0.2) is 36.3 Å². The first kappa shape index (κ1) is 16.3. The van der Waals surface area contributed by atoms with Crippen LogP contribution in [0.3, 0.4) is 0 Å². The van der Waals surface area contributed by atoms with Gasteiger partial charge >= 0.3 is 5.97 Å². The van der Waals surface area contributed by atoms with Crippen LogP contribution in [0, 0.1) is 0 Å². The molecule has 0 aliphatic rings. The van der Waals surface area contributed by atoms with Crippen molar-refractivity contribution in [1.29, 1.82) is 0 Å². The molecule has 0 saturated heterocycles. The van der Waals surface area contributed by atoms with Gasteiger partial charge in [0.25, 0.3) is 0 Å². The summed E-state index contributed by atoms with van der Waals surface area (Å²) in [6.07, 6.45) is 0.834. The second-order valence-electron chi connectivity index (χ2n) is 3.82. The minimum absolute atomic E-state index is 0.269. The molecule has 0 amide bonds. The predicted octanol–water partition coefficient (Wildman–Crippen LogP) is 2.53. The van der Waals surface area contributed by atoms with Gasteiger partial charge in [0.2, 0.25) is 0 Å².